The SMILES string of the molecule is CN(C)CCCNc1ccc(-c2ccc(N3CC(CO)OC3=O)cc2F)cn1. The van der Waals surface area contributed by atoms with E-state index >= 15 is 0 Å². The quantitative estimate of drug-likeness (QED) is 0.677. The summed E-state index contributed by atoms with van der Waals surface area (Å²) in [4.78, 5) is 19.6. The van der Waals surface area contributed by atoms with Crippen molar-refractivity contribution in [3.05, 3.63) is 42.3 Å². The lowest BCUT2D eigenvalue weighted by Gasteiger charge is -2.14. The van der Waals surface area contributed by atoms with Gasteiger partial charge in [0.15, 0.2) is 0 Å². The summed E-state index contributed by atoms with van der Waals surface area (Å²) in [5.74, 6) is 0.292. The normalized spacial score (nSPS) is 16.5. The number of aliphatic hydroxyl groups is 1. The Balaban J connectivity index is 1.66. The van der Waals surface area contributed by atoms with Crippen LogP contribution in [0.4, 0.5) is 20.7 Å². The number of cyclic esters (lactones) is 1. The predicted molar refractivity (Wildman–Crippen MR) is 106 cm³/mol. The highest BCUT2D eigenvalue weighted by atomic mass is 19.1. The number of benzene rings is 1. The zero-order valence-electron chi connectivity index (χ0n) is 16.1. The highest BCUT2D eigenvalue weighted by molar-refractivity contribution is 5.90. The van der Waals surface area contributed by atoms with Crippen molar-refractivity contribution in [2.75, 3.05) is 50.6 Å². The summed E-state index contributed by atoms with van der Waals surface area (Å²) in [5.41, 5.74) is 1.45. The van der Waals surface area contributed by atoms with Gasteiger partial charge in [0.25, 0.3) is 0 Å². The van der Waals surface area contributed by atoms with Crippen molar-refractivity contribution < 1.29 is 19.0 Å². The van der Waals surface area contributed by atoms with Crippen molar-refractivity contribution >= 4 is 17.6 Å². The molecule has 2 heterocycles. The fourth-order valence-electron chi connectivity index (χ4n) is 3.00. The van der Waals surface area contributed by atoms with Crippen LogP contribution < -0.4 is 10.2 Å². The van der Waals surface area contributed by atoms with Crippen LogP contribution in [-0.2, 0) is 4.74 Å². The Morgan fingerprint density at radius 1 is 1.36 bits per heavy atom. The molecule has 0 radical (unpaired) electrons. The molecule has 0 spiro atoms. The smallest absolute Gasteiger partial charge is 0.414 e. The Kier molecular flexibility index (Phi) is 6.43. The average molecular weight is 388 g/mol. The van der Waals surface area contributed by atoms with Gasteiger partial charge in [-0.1, -0.05) is 0 Å². The van der Waals surface area contributed by atoms with Gasteiger partial charge in [-0.05, 0) is 57.4 Å². The minimum atomic E-state index is -0.586. The summed E-state index contributed by atoms with van der Waals surface area (Å²) in [5, 5.41) is 12.4. The molecule has 0 saturated carbocycles. The number of aromatic nitrogens is 1. The van der Waals surface area contributed by atoms with Crippen LogP contribution in [0.2, 0.25) is 0 Å². The summed E-state index contributed by atoms with van der Waals surface area (Å²) in [6.07, 6.45) is 1.45. The number of carbonyl (C=O) groups is 1. The first kappa shape index (κ1) is 20.0. The molecule has 0 aliphatic carbocycles. The van der Waals surface area contributed by atoms with Crippen molar-refractivity contribution in [1.82, 2.24) is 9.88 Å². The van der Waals surface area contributed by atoms with Crippen molar-refractivity contribution in [3.63, 3.8) is 0 Å². The lowest BCUT2D eigenvalue weighted by molar-refractivity contribution is 0.0963. The van der Waals surface area contributed by atoms with Crippen LogP contribution in [0, 0.1) is 5.82 Å². The van der Waals surface area contributed by atoms with E-state index in [9.17, 15) is 9.18 Å². The Morgan fingerprint density at radius 2 is 2.18 bits per heavy atom. The number of hydrogen-bond donors (Lipinski definition) is 2. The number of anilines is 2. The van der Waals surface area contributed by atoms with Crippen molar-refractivity contribution in [3.8, 4) is 11.1 Å². The molecule has 2 aromatic rings. The molecule has 150 valence electrons. The van der Waals surface area contributed by atoms with Gasteiger partial charge in [-0.2, -0.15) is 0 Å². The van der Waals surface area contributed by atoms with Gasteiger partial charge in [-0.15, -0.1) is 0 Å². The van der Waals surface area contributed by atoms with Crippen LogP contribution in [0.3, 0.4) is 0 Å². The molecule has 28 heavy (non-hydrogen) atoms. The van der Waals surface area contributed by atoms with Gasteiger partial charge in [-0.3, -0.25) is 4.90 Å². The van der Waals surface area contributed by atoms with Gasteiger partial charge in [0.05, 0.1) is 18.8 Å². The number of nitrogens with zero attached hydrogens (tertiary/aromatic N) is 3. The number of nitrogens with one attached hydrogen (secondary N) is 1. The third kappa shape index (κ3) is 4.76. The zero-order chi connectivity index (χ0) is 20.1. The molecule has 1 saturated heterocycles. The third-order valence-electron chi connectivity index (χ3n) is 4.50. The molecule has 1 aliphatic heterocycles. The van der Waals surface area contributed by atoms with Gasteiger partial charge in [0.2, 0.25) is 0 Å². The fourth-order valence-corrected chi connectivity index (χ4v) is 3.00. The topological polar surface area (TPSA) is 77.9 Å². The van der Waals surface area contributed by atoms with Crippen molar-refractivity contribution in [1.29, 1.82) is 0 Å². The van der Waals surface area contributed by atoms with E-state index in [1.807, 2.05) is 26.2 Å². The monoisotopic (exact) mass is 388 g/mol. The molecule has 1 aliphatic rings. The second kappa shape index (κ2) is 8.99. The maximum Gasteiger partial charge on any atom is 0.414 e. The average Bonchev–Trinajstić information content (AvgIpc) is 3.06. The Labute approximate surface area is 163 Å². The van der Waals surface area contributed by atoms with Crippen molar-refractivity contribution in [2.24, 2.45) is 0 Å². The number of carbonyl (C=O) groups excluding carboxylic acids is 1. The van der Waals surface area contributed by atoms with Crippen LogP contribution in [-0.4, -0.2) is 67.5 Å². The van der Waals surface area contributed by atoms with E-state index in [0.717, 1.165) is 25.3 Å². The molecule has 1 unspecified atom stereocenters. The van der Waals surface area contributed by atoms with E-state index < -0.39 is 18.0 Å². The molecule has 8 heteroatoms. The molecule has 1 amide bonds. The van der Waals surface area contributed by atoms with E-state index in [4.69, 9.17) is 9.84 Å². The zero-order valence-corrected chi connectivity index (χ0v) is 16.1. The van der Waals surface area contributed by atoms with E-state index in [2.05, 4.69) is 15.2 Å². The lowest BCUT2D eigenvalue weighted by atomic mass is 10.1. The number of hydrogen-bond acceptors (Lipinski definition) is 6. The maximum atomic E-state index is 14.6. The third-order valence-corrected chi connectivity index (χ3v) is 4.50. The molecule has 1 fully saturated rings. The van der Waals surface area contributed by atoms with Gasteiger partial charge >= 0.3 is 6.09 Å². The second-order valence-electron chi connectivity index (χ2n) is 6.98. The molecule has 1 aromatic carbocycles. The van der Waals surface area contributed by atoms with Gasteiger partial charge < -0.3 is 20.1 Å². The molecule has 1 aromatic heterocycles. The van der Waals surface area contributed by atoms with Crippen LogP contribution in [0.15, 0.2) is 36.5 Å². The summed E-state index contributed by atoms with van der Waals surface area (Å²) in [7, 11) is 4.06. The molecule has 7 nitrogen and oxygen atoms in total. The highest BCUT2D eigenvalue weighted by Gasteiger charge is 2.32. The first-order chi connectivity index (χ1) is 13.5. The van der Waals surface area contributed by atoms with Crippen LogP contribution in [0.1, 0.15) is 6.42 Å². The van der Waals surface area contributed by atoms with E-state index in [0.29, 0.717) is 16.8 Å². The number of amides is 1. The van der Waals surface area contributed by atoms with Crippen molar-refractivity contribution in [2.45, 2.75) is 12.5 Å². The Bertz CT molecular complexity index is 814. The number of pyridine rings is 1. The standard InChI is InChI=1S/C20H25FN4O3/c1-24(2)9-3-8-22-19-7-4-14(11-23-19)17-6-5-15(10-18(17)21)25-12-16(13-26)28-20(25)27/h4-7,10-11,16,26H,3,8-9,12-13H2,1-2H3,(H,22,23). The number of aliphatic hydroxyl groups excluding tert-OH is 1. The van der Waals surface area contributed by atoms with Gasteiger partial charge in [-0.25, -0.2) is 14.2 Å². The molecular weight excluding hydrogens is 363 g/mol. The molecule has 1 atom stereocenters. The molecule has 0 bridgehead atoms. The number of rotatable bonds is 8. The van der Waals surface area contributed by atoms with Gasteiger partial charge in [0, 0.05) is 23.9 Å². The summed E-state index contributed by atoms with van der Waals surface area (Å²) < 4.78 is 19.6. The van der Waals surface area contributed by atoms with E-state index in [1.165, 1.54) is 11.0 Å². The maximum absolute atomic E-state index is 14.6. The lowest BCUT2D eigenvalue weighted by Crippen LogP contribution is -2.25. The first-order valence-corrected chi connectivity index (χ1v) is 9.21. The second-order valence-corrected chi connectivity index (χ2v) is 6.98. The molecular formula is C20H25FN4O3. The Morgan fingerprint density at radius 3 is 2.79 bits per heavy atom. The fraction of sp³-hybridized carbons (Fsp3) is 0.400. The van der Waals surface area contributed by atoms with E-state index in [1.54, 1.807) is 18.3 Å². The summed E-state index contributed by atoms with van der Waals surface area (Å²) in [6.45, 7) is 1.74. The van der Waals surface area contributed by atoms with Crippen LogP contribution >= 0.6 is 0 Å². The predicted octanol–water partition coefficient (Wildman–Crippen LogP) is 2.57. The van der Waals surface area contributed by atoms with Crippen LogP contribution in [0.25, 0.3) is 11.1 Å². The number of halogens is 1. The molecule has 3 rings (SSSR count). The minimum Gasteiger partial charge on any atom is -0.441 e. The van der Waals surface area contributed by atoms with Gasteiger partial charge in [0.1, 0.15) is 17.7 Å². The summed E-state index contributed by atoms with van der Waals surface area (Å²) >= 11 is 0. The first-order valence-electron chi connectivity index (χ1n) is 9.21. The summed E-state index contributed by atoms with van der Waals surface area (Å²) in [6, 6.07) is 8.20. The Hall–Kier alpha value is -2.71. The minimum absolute atomic E-state index is 0.198. The van der Waals surface area contributed by atoms with Crippen LogP contribution in [0.5, 0.6) is 0 Å². The number of ether oxygens (including phenoxy) is 1. The largest absolute Gasteiger partial charge is 0.441 e. The highest BCUT2D eigenvalue weighted by Crippen LogP contribution is 2.29. The molecule has 2 N–H and O–H groups in total. The van der Waals surface area contributed by atoms with E-state index in [-0.39, 0.29) is 13.2 Å².